The minimum atomic E-state index is 0.134. The lowest BCUT2D eigenvalue weighted by molar-refractivity contribution is -0.120. The van der Waals surface area contributed by atoms with Gasteiger partial charge >= 0.3 is 0 Å². The van der Waals surface area contributed by atoms with Crippen LogP contribution in [0.2, 0.25) is 0 Å². The van der Waals surface area contributed by atoms with Crippen molar-refractivity contribution < 1.29 is 4.79 Å². The number of nitrogens with one attached hydrogen (secondary N) is 1. The fraction of sp³-hybridized carbons (Fsp3) is 0.929. The van der Waals surface area contributed by atoms with E-state index < -0.39 is 0 Å². The average molecular weight is 238 g/mol. The van der Waals surface area contributed by atoms with Crippen LogP contribution in [-0.4, -0.2) is 18.0 Å². The number of carbonyl (C=O) groups is 1. The van der Waals surface area contributed by atoms with Gasteiger partial charge in [0.15, 0.2) is 0 Å². The van der Waals surface area contributed by atoms with Gasteiger partial charge in [-0.25, -0.2) is 0 Å². The van der Waals surface area contributed by atoms with Crippen LogP contribution in [0.1, 0.15) is 58.3 Å². The number of hydrogen-bond acceptors (Lipinski definition) is 2. The first-order chi connectivity index (χ1) is 8.16. The van der Waals surface area contributed by atoms with Gasteiger partial charge in [0, 0.05) is 19.0 Å². The van der Waals surface area contributed by atoms with E-state index in [0.29, 0.717) is 18.0 Å². The lowest BCUT2D eigenvalue weighted by Gasteiger charge is -2.40. The SMILES string of the molecule is CC(=O)N[C@H]1CCCC[C@@H]1C1CCC(N)CC1. The second-order valence-electron chi connectivity index (χ2n) is 5.93. The average Bonchev–Trinajstić information content (AvgIpc) is 2.30. The molecule has 2 aliphatic carbocycles. The van der Waals surface area contributed by atoms with Gasteiger partial charge in [0.05, 0.1) is 0 Å². The van der Waals surface area contributed by atoms with E-state index in [4.69, 9.17) is 5.73 Å². The Morgan fingerprint density at radius 3 is 2.35 bits per heavy atom. The predicted octanol–water partition coefficient (Wildman–Crippen LogP) is 2.20. The van der Waals surface area contributed by atoms with Crippen molar-refractivity contribution in [1.29, 1.82) is 0 Å². The number of rotatable bonds is 2. The quantitative estimate of drug-likeness (QED) is 0.775. The summed E-state index contributed by atoms with van der Waals surface area (Å²) in [5.41, 5.74) is 5.97. The maximum Gasteiger partial charge on any atom is 0.217 e. The molecule has 0 aromatic heterocycles. The van der Waals surface area contributed by atoms with Crippen LogP contribution in [0, 0.1) is 11.8 Å². The highest BCUT2D eigenvalue weighted by molar-refractivity contribution is 5.73. The van der Waals surface area contributed by atoms with E-state index >= 15 is 0 Å². The molecule has 2 aliphatic rings. The lowest BCUT2D eigenvalue weighted by Crippen LogP contribution is -2.45. The molecule has 0 aromatic carbocycles. The topological polar surface area (TPSA) is 55.1 Å². The second kappa shape index (κ2) is 5.85. The molecule has 2 fully saturated rings. The highest BCUT2D eigenvalue weighted by Gasteiger charge is 2.33. The molecule has 0 unspecified atom stereocenters. The van der Waals surface area contributed by atoms with Crippen LogP contribution in [0.5, 0.6) is 0 Å². The summed E-state index contributed by atoms with van der Waals surface area (Å²) in [6.07, 6.45) is 9.96. The summed E-state index contributed by atoms with van der Waals surface area (Å²) < 4.78 is 0. The summed E-state index contributed by atoms with van der Waals surface area (Å²) in [5, 5.41) is 3.17. The van der Waals surface area contributed by atoms with Crippen molar-refractivity contribution in [2.24, 2.45) is 17.6 Å². The van der Waals surface area contributed by atoms with Gasteiger partial charge < -0.3 is 11.1 Å². The van der Waals surface area contributed by atoms with Crippen LogP contribution in [0.3, 0.4) is 0 Å². The molecule has 2 saturated carbocycles. The smallest absolute Gasteiger partial charge is 0.217 e. The van der Waals surface area contributed by atoms with Crippen LogP contribution in [0.15, 0.2) is 0 Å². The fourth-order valence-electron chi connectivity index (χ4n) is 3.74. The number of nitrogens with two attached hydrogens (primary N) is 1. The molecule has 17 heavy (non-hydrogen) atoms. The lowest BCUT2D eigenvalue weighted by atomic mass is 9.70. The number of hydrogen-bond donors (Lipinski definition) is 2. The van der Waals surface area contributed by atoms with Crippen molar-refractivity contribution in [2.75, 3.05) is 0 Å². The molecule has 0 radical (unpaired) electrons. The van der Waals surface area contributed by atoms with Crippen molar-refractivity contribution in [3.8, 4) is 0 Å². The minimum absolute atomic E-state index is 0.134. The van der Waals surface area contributed by atoms with Crippen LogP contribution in [0.4, 0.5) is 0 Å². The van der Waals surface area contributed by atoms with Gasteiger partial charge in [-0.15, -0.1) is 0 Å². The monoisotopic (exact) mass is 238 g/mol. The molecule has 0 bridgehead atoms. The summed E-state index contributed by atoms with van der Waals surface area (Å²) in [7, 11) is 0. The molecule has 3 heteroatoms. The van der Waals surface area contributed by atoms with Gasteiger partial charge in [-0.1, -0.05) is 12.8 Å². The summed E-state index contributed by atoms with van der Waals surface area (Å²) in [6, 6.07) is 0.856. The molecule has 3 nitrogen and oxygen atoms in total. The summed E-state index contributed by atoms with van der Waals surface area (Å²) in [4.78, 5) is 11.3. The van der Waals surface area contributed by atoms with E-state index in [2.05, 4.69) is 5.32 Å². The Morgan fingerprint density at radius 2 is 1.71 bits per heavy atom. The molecular weight excluding hydrogens is 212 g/mol. The molecule has 0 spiro atoms. The van der Waals surface area contributed by atoms with Crippen molar-refractivity contribution >= 4 is 5.91 Å². The molecule has 3 N–H and O–H groups in total. The molecule has 2 atom stereocenters. The maximum absolute atomic E-state index is 11.3. The van der Waals surface area contributed by atoms with Crippen LogP contribution in [0.25, 0.3) is 0 Å². The largest absolute Gasteiger partial charge is 0.353 e. The first-order valence-corrected chi connectivity index (χ1v) is 7.19. The molecule has 0 heterocycles. The zero-order valence-electron chi connectivity index (χ0n) is 11.0. The third-order valence-corrected chi connectivity index (χ3v) is 4.63. The summed E-state index contributed by atoms with van der Waals surface area (Å²) >= 11 is 0. The highest BCUT2D eigenvalue weighted by atomic mass is 16.1. The minimum Gasteiger partial charge on any atom is -0.353 e. The Bertz CT molecular complexity index is 259. The van der Waals surface area contributed by atoms with E-state index in [-0.39, 0.29) is 5.91 Å². The summed E-state index contributed by atoms with van der Waals surface area (Å²) in [6.45, 7) is 1.64. The van der Waals surface area contributed by atoms with E-state index in [1.54, 1.807) is 6.92 Å². The first kappa shape index (κ1) is 12.9. The van der Waals surface area contributed by atoms with Crippen molar-refractivity contribution in [3.63, 3.8) is 0 Å². The van der Waals surface area contributed by atoms with Gasteiger partial charge in [-0.2, -0.15) is 0 Å². The third-order valence-electron chi connectivity index (χ3n) is 4.63. The summed E-state index contributed by atoms with van der Waals surface area (Å²) in [5.74, 6) is 1.64. The second-order valence-corrected chi connectivity index (χ2v) is 5.93. The van der Waals surface area contributed by atoms with Crippen molar-refractivity contribution in [2.45, 2.75) is 70.4 Å². The van der Waals surface area contributed by atoms with Gasteiger partial charge in [0.2, 0.25) is 5.91 Å². The Labute approximate surface area is 105 Å². The first-order valence-electron chi connectivity index (χ1n) is 7.19. The maximum atomic E-state index is 11.3. The van der Waals surface area contributed by atoms with E-state index in [1.165, 1.54) is 51.4 Å². The molecule has 0 aromatic rings. The molecular formula is C14H26N2O. The van der Waals surface area contributed by atoms with Gasteiger partial charge in [-0.05, 0) is 50.4 Å². The van der Waals surface area contributed by atoms with Crippen LogP contribution < -0.4 is 11.1 Å². The molecule has 0 aliphatic heterocycles. The standard InChI is InChI=1S/C14H26N2O/c1-10(17)16-14-5-3-2-4-13(14)11-6-8-12(15)9-7-11/h11-14H,2-9,15H2,1H3,(H,16,17)/t11?,12?,13-,14+/m1/s1. The third kappa shape index (κ3) is 3.44. The molecule has 98 valence electrons. The van der Waals surface area contributed by atoms with Crippen molar-refractivity contribution in [1.82, 2.24) is 5.32 Å². The molecule has 1 amide bonds. The zero-order valence-corrected chi connectivity index (χ0v) is 11.0. The Hall–Kier alpha value is -0.570. The van der Waals surface area contributed by atoms with Gasteiger partial charge in [0.1, 0.15) is 0 Å². The van der Waals surface area contributed by atoms with Crippen LogP contribution >= 0.6 is 0 Å². The Balaban J connectivity index is 1.93. The van der Waals surface area contributed by atoms with E-state index in [1.807, 2.05) is 0 Å². The van der Waals surface area contributed by atoms with Crippen molar-refractivity contribution in [3.05, 3.63) is 0 Å². The van der Waals surface area contributed by atoms with Crippen LogP contribution in [-0.2, 0) is 4.79 Å². The Morgan fingerprint density at radius 1 is 1.06 bits per heavy atom. The van der Waals surface area contributed by atoms with E-state index in [9.17, 15) is 4.79 Å². The van der Waals surface area contributed by atoms with Gasteiger partial charge in [0.25, 0.3) is 0 Å². The zero-order chi connectivity index (χ0) is 12.3. The van der Waals surface area contributed by atoms with Gasteiger partial charge in [-0.3, -0.25) is 4.79 Å². The molecule has 0 saturated heterocycles. The van der Waals surface area contributed by atoms with E-state index in [0.717, 1.165) is 5.92 Å². The fourth-order valence-corrected chi connectivity index (χ4v) is 3.74. The Kier molecular flexibility index (Phi) is 4.43. The molecule has 2 rings (SSSR count). The number of amides is 1. The number of carbonyl (C=O) groups excluding carboxylic acids is 1. The predicted molar refractivity (Wildman–Crippen MR) is 69.5 cm³/mol. The normalized spacial score (nSPS) is 38.7. The highest BCUT2D eigenvalue weighted by Crippen LogP contribution is 2.38.